The van der Waals surface area contributed by atoms with E-state index in [4.69, 9.17) is 16.3 Å². The van der Waals surface area contributed by atoms with Crippen molar-refractivity contribution >= 4 is 29.9 Å². The first kappa shape index (κ1) is 16.2. The minimum atomic E-state index is -0.117. The Morgan fingerprint density at radius 3 is 2.68 bits per heavy atom. The summed E-state index contributed by atoms with van der Waals surface area (Å²) >= 11 is 5.96. The molecule has 106 valence electrons. The van der Waals surface area contributed by atoms with Crippen molar-refractivity contribution in [2.45, 2.75) is 0 Å². The molecule has 0 aliphatic carbocycles. The molecule has 1 heterocycles. The smallest absolute Gasteiger partial charge is 0.252 e. The van der Waals surface area contributed by atoms with Gasteiger partial charge in [-0.05, 0) is 12.1 Å². The predicted octanol–water partition coefficient (Wildman–Crippen LogP) is 1.82. The molecule has 19 heavy (non-hydrogen) atoms. The highest BCUT2D eigenvalue weighted by Crippen LogP contribution is 2.14. The third kappa shape index (κ3) is 4.99. The molecule has 1 aromatic rings. The Morgan fingerprint density at radius 1 is 1.32 bits per heavy atom. The molecule has 0 unspecified atom stereocenters. The molecule has 1 aromatic carbocycles. The Hall–Kier alpha value is -0.810. The molecule has 6 heteroatoms. The molecule has 0 saturated carbocycles. The molecule has 1 saturated heterocycles. The summed E-state index contributed by atoms with van der Waals surface area (Å²) in [5, 5.41) is 3.37. The number of morpholine rings is 1. The highest BCUT2D eigenvalue weighted by molar-refractivity contribution is 6.33. The number of hydrogen-bond acceptors (Lipinski definition) is 3. The topological polar surface area (TPSA) is 41.6 Å². The van der Waals surface area contributed by atoms with Crippen LogP contribution in [0.15, 0.2) is 24.3 Å². The van der Waals surface area contributed by atoms with Gasteiger partial charge in [0.2, 0.25) is 0 Å². The van der Waals surface area contributed by atoms with Gasteiger partial charge in [0, 0.05) is 26.2 Å². The Bertz CT molecular complexity index is 409. The summed E-state index contributed by atoms with van der Waals surface area (Å²) in [4.78, 5) is 14.1. The van der Waals surface area contributed by atoms with E-state index in [0.29, 0.717) is 17.1 Å². The minimum absolute atomic E-state index is 0. The number of nitrogens with one attached hydrogen (secondary N) is 1. The second-order valence-electron chi connectivity index (χ2n) is 4.19. The predicted molar refractivity (Wildman–Crippen MR) is 78.3 cm³/mol. The van der Waals surface area contributed by atoms with Crippen LogP contribution in [0.2, 0.25) is 5.02 Å². The standard InChI is InChI=1S/C13H17ClN2O2.ClH/c14-12-4-2-1-3-11(12)13(17)15-5-6-16-7-9-18-10-8-16;/h1-4H,5-10H2,(H,15,17);1H. The summed E-state index contributed by atoms with van der Waals surface area (Å²) in [7, 11) is 0. The zero-order valence-corrected chi connectivity index (χ0v) is 12.2. The quantitative estimate of drug-likeness (QED) is 0.922. The van der Waals surface area contributed by atoms with E-state index >= 15 is 0 Å². The molecule has 1 fully saturated rings. The van der Waals surface area contributed by atoms with Crippen molar-refractivity contribution in [3.8, 4) is 0 Å². The van der Waals surface area contributed by atoms with Crippen LogP contribution in [-0.4, -0.2) is 50.2 Å². The molecule has 0 aromatic heterocycles. The van der Waals surface area contributed by atoms with Crippen LogP contribution in [0.3, 0.4) is 0 Å². The molecule has 0 spiro atoms. The molecule has 1 N–H and O–H groups in total. The van der Waals surface area contributed by atoms with Crippen molar-refractivity contribution in [2.24, 2.45) is 0 Å². The van der Waals surface area contributed by atoms with Crippen molar-refractivity contribution < 1.29 is 9.53 Å². The van der Waals surface area contributed by atoms with Crippen LogP contribution in [0.1, 0.15) is 10.4 Å². The molecular formula is C13H18Cl2N2O2. The summed E-state index contributed by atoms with van der Waals surface area (Å²) in [6.07, 6.45) is 0. The normalized spacial score (nSPS) is 15.6. The Labute approximate surface area is 124 Å². The first-order valence-corrected chi connectivity index (χ1v) is 6.48. The van der Waals surface area contributed by atoms with Gasteiger partial charge in [-0.3, -0.25) is 9.69 Å². The molecule has 0 bridgehead atoms. The highest BCUT2D eigenvalue weighted by atomic mass is 35.5. The van der Waals surface area contributed by atoms with Crippen LogP contribution in [0.4, 0.5) is 0 Å². The number of rotatable bonds is 4. The summed E-state index contributed by atoms with van der Waals surface area (Å²) in [6, 6.07) is 7.07. The van der Waals surface area contributed by atoms with Crippen LogP contribution in [0, 0.1) is 0 Å². The van der Waals surface area contributed by atoms with Gasteiger partial charge in [-0.15, -0.1) is 12.4 Å². The van der Waals surface area contributed by atoms with Gasteiger partial charge < -0.3 is 10.1 Å². The van der Waals surface area contributed by atoms with E-state index in [1.165, 1.54) is 0 Å². The number of nitrogens with zero attached hydrogens (tertiary/aromatic N) is 1. The van der Waals surface area contributed by atoms with E-state index < -0.39 is 0 Å². The van der Waals surface area contributed by atoms with E-state index in [9.17, 15) is 4.79 Å². The Kier molecular flexibility index (Phi) is 7.16. The number of amides is 1. The first-order valence-electron chi connectivity index (χ1n) is 6.10. The second-order valence-corrected chi connectivity index (χ2v) is 4.60. The Balaban J connectivity index is 0.00000180. The molecule has 1 aliphatic heterocycles. The van der Waals surface area contributed by atoms with Gasteiger partial charge in [0.15, 0.2) is 0 Å². The average molecular weight is 305 g/mol. The van der Waals surface area contributed by atoms with Gasteiger partial charge in [0.05, 0.1) is 23.8 Å². The fourth-order valence-corrected chi connectivity index (χ4v) is 2.11. The van der Waals surface area contributed by atoms with Crippen molar-refractivity contribution in [3.05, 3.63) is 34.9 Å². The summed E-state index contributed by atoms with van der Waals surface area (Å²) in [6.45, 7) is 4.89. The first-order chi connectivity index (χ1) is 8.77. The number of carbonyl (C=O) groups is 1. The van der Waals surface area contributed by atoms with Gasteiger partial charge in [0.25, 0.3) is 5.91 Å². The van der Waals surface area contributed by atoms with Crippen molar-refractivity contribution in [3.63, 3.8) is 0 Å². The molecule has 1 amide bonds. The third-order valence-electron chi connectivity index (χ3n) is 2.94. The number of carbonyl (C=O) groups excluding carboxylic acids is 1. The fraction of sp³-hybridized carbons (Fsp3) is 0.462. The number of ether oxygens (including phenoxy) is 1. The van der Waals surface area contributed by atoms with Crippen molar-refractivity contribution in [2.75, 3.05) is 39.4 Å². The molecular weight excluding hydrogens is 287 g/mol. The number of benzene rings is 1. The van der Waals surface area contributed by atoms with E-state index in [0.717, 1.165) is 32.8 Å². The SMILES string of the molecule is Cl.O=C(NCCN1CCOCC1)c1ccccc1Cl. The maximum absolute atomic E-state index is 11.9. The summed E-state index contributed by atoms with van der Waals surface area (Å²) in [5.41, 5.74) is 0.529. The molecule has 1 aliphatic rings. The van der Waals surface area contributed by atoms with Crippen LogP contribution < -0.4 is 5.32 Å². The van der Waals surface area contributed by atoms with Crippen LogP contribution >= 0.6 is 24.0 Å². The lowest BCUT2D eigenvalue weighted by Crippen LogP contribution is -2.41. The lowest BCUT2D eigenvalue weighted by Gasteiger charge is -2.26. The maximum Gasteiger partial charge on any atom is 0.252 e. The van der Waals surface area contributed by atoms with Crippen LogP contribution in [0.5, 0.6) is 0 Å². The molecule has 0 radical (unpaired) electrons. The van der Waals surface area contributed by atoms with E-state index in [2.05, 4.69) is 10.2 Å². The number of hydrogen-bond donors (Lipinski definition) is 1. The lowest BCUT2D eigenvalue weighted by molar-refractivity contribution is 0.0383. The molecule has 4 nitrogen and oxygen atoms in total. The monoisotopic (exact) mass is 304 g/mol. The molecule has 2 rings (SSSR count). The van der Waals surface area contributed by atoms with Crippen molar-refractivity contribution in [1.82, 2.24) is 10.2 Å². The van der Waals surface area contributed by atoms with Crippen LogP contribution in [0.25, 0.3) is 0 Å². The number of halogens is 2. The van der Waals surface area contributed by atoms with E-state index in [1.54, 1.807) is 12.1 Å². The third-order valence-corrected chi connectivity index (χ3v) is 3.27. The maximum atomic E-state index is 11.9. The van der Waals surface area contributed by atoms with E-state index in [1.807, 2.05) is 12.1 Å². The zero-order valence-electron chi connectivity index (χ0n) is 10.6. The summed E-state index contributed by atoms with van der Waals surface area (Å²) in [5.74, 6) is -0.117. The van der Waals surface area contributed by atoms with Gasteiger partial charge in [0.1, 0.15) is 0 Å². The largest absolute Gasteiger partial charge is 0.379 e. The van der Waals surface area contributed by atoms with Gasteiger partial charge in [-0.2, -0.15) is 0 Å². The van der Waals surface area contributed by atoms with Gasteiger partial charge in [-0.1, -0.05) is 23.7 Å². The minimum Gasteiger partial charge on any atom is -0.379 e. The molecule has 0 atom stereocenters. The average Bonchev–Trinajstić information content (AvgIpc) is 2.40. The lowest BCUT2D eigenvalue weighted by atomic mass is 10.2. The fourth-order valence-electron chi connectivity index (χ4n) is 1.89. The van der Waals surface area contributed by atoms with Gasteiger partial charge in [-0.25, -0.2) is 0 Å². The highest BCUT2D eigenvalue weighted by Gasteiger charge is 2.12. The Morgan fingerprint density at radius 2 is 2.00 bits per heavy atom. The van der Waals surface area contributed by atoms with E-state index in [-0.39, 0.29) is 18.3 Å². The van der Waals surface area contributed by atoms with Gasteiger partial charge >= 0.3 is 0 Å². The summed E-state index contributed by atoms with van der Waals surface area (Å²) < 4.78 is 5.27. The second kappa shape index (κ2) is 8.38. The zero-order chi connectivity index (χ0) is 12.8. The van der Waals surface area contributed by atoms with Crippen molar-refractivity contribution in [1.29, 1.82) is 0 Å². The van der Waals surface area contributed by atoms with Crippen LogP contribution in [-0.2, 0) is 4.74 Å².